The van der Waals surface area contributed by atoms with Crippen LogP contribution in [0.5, 0.6) is 0 Å². The Hall–Kier alpha value is -3.67. The third-order valence-corrected chi connectivity index (χ3v) is 6.08. The van der Waals surface area contributed by atoms with E-state index in [9.17, 15) is 9.59 Å². The van der Waals surface area contributed by atoms with E-state index in [1.165, 1.54) is 6.92 Å². The maximum absolute atomic E-state index is 13.5. The van der Waals surface area contributed by atoms with Gasteiger partial charge in [-0.05, 0) is 56.0 Å². The summed E-state index contributed by atoms with van der Waals surface area (Å²) in [5, 5.41) is 4.71. The number of nitrogens with zero attached hydrogens (tertiary/aromatic N) is 3. The zero-order chi connectivity index (χ0) is 23.7. The van der Waals surface area contributed by atoms with Gasteiger partial charge in [0, 0.05) is 23.5 Å². The molecule has 1 aliphatic heterocycles. The number of ketones is 1. The number of hydrogen-bond donors (Lipinski definition) is 0. The first-order valence-electron chi connectivity index (χ1n) is 11.1. The zero-order valence-corrected chi connectivity index (χ0v) is 19.3. The molecule has 0 spiro atoms. The van der Waals surface area contributed by atoms with Crippen LogP contribution in [0.2, 0.25) is 0 Å². The van der Waals surface area contributed by atoms with Crippen LogP contribution in [-0.2, 0) is 12.8 Å². The maximum atomic E-state index is 13.5. The molecule has 1 amide bonds. The van der Waals surface area contributed by atoms with E-state index in [1.54, 1.807) is 21.7 Å². The minimum Gasteiger partial charge on any atom is -0.306 e. The van der Waals surface area contributed by atoms with E-state index in [2.05, 4.69) is 6.58 Å². The normalized spacial score (nSPS) is 13.2. The van der Waals surface area contributed by atoms with Crippen LogP contribution in [0.15, 0.2) is 61.2 Å². The molecule has 1 aliphatic rings. The summed E-state index contributed by atoms with van der Waals surface area (Å²) in [5.74, 6) is -0.199. The second-order valence-corrected chi connectivity index (χ2v) is 8.25. The first-order valence-corrected chi connectivity index (χ1v) is 11.1. The Morgan fingerprint density at radius 3 is 2.58 bits per heavy atom. The highest BCUT2D eigenvalue weighted by molar-refractivity contribution is 6.33. The number of carbonyl (C=O) groups excluding carboxylic acids is 2. The Morgan fingerprint density at radius 2 is 1.91 bits per heavy atom. The van der Waals surface area contributed by atoms with E-state index in [0.29, 0.717) is 29.7 Å². The number of Topliss-reactive ketones (excluding diaryl/α,β-unsaturated/α-hetero) is 1. The summed E-state index contributed by atoms with van der Waals surface area (Å²) < 4.78 is 1.79. The molecule has 6 heteroatoms. The fourth-order valence-corrected chi connectivity index (χ4v) is 4.13. The van der Waals surface area contributed by atoms with Gasteiger partial charge in [-0.15, -0.1) is 0 Å². The number of aryl methyl sites for hydroxylation is 2. The molecule has 0 aliphatic carbocycles. The van der Waals surface area contributed by atoms with Gasteiger partial charge in [-0.25, -0.2) is 4.68 Å². The molecule has 33 heavy (non-hydrogen) atoms. The lowest BCUT2D eigenvalue weighted by molar-refractivity contribution is 0.0980. The quantitative estimate of drug-likeness (QED) is 0.334. The fraction of sp³-hybridized carbons (Fsp3) is 0.222. The average molecular weight is 435 g/mol. The zero-order valence-electron chi connectivity index (χ0n) is 19.3. The minimum atomic E-state index is -0.177. The van der Waals surface area contributed by atoms with E-state index >= 15 is 0 Å². The van der Waals surface area contributed by atoms with Crippen molar-refractivity contribution in [3.63, 3.8) is 0 Å². The molecule has 0 unspecified atom stereocenters. The molecular weight excluding hydrogens is 409 g/mol. The van der Waals surface area contributed by atoms with Crippen molar-refractivity contribution in [2.24, 2.45) is 0 Å². The van der Waals surface area contributed by atoms with Crippen molar-refractivity contribution >= 4 is 36.4 Å². The van der Waals surface area contributed by atoms with Crippen molar-refractivity contribution in [3.05, 3.63) is 94.8 Å². The standard InChI is InChI=1S/C27H26BN3O2/c1-5-7-25(21-9-8-17(3)23(28)14-21)31-22(6-2)16-24(29-31)27(33)30-13-12-19-10-11-20(18(4)32)15-26(19)30/h5,7-11,14-16H,1,6,12-13H2,2-4H3/b25-7-. The van der Waals surface area contributed by atoms with Crippen molar-refractivity contribution in [1.82, 2.24) is 9.78 Å². The van der Waals surface area contributed by atoms with Crippen LogP contribution < -0.4 is 10.4 Å². The van der Waals surface area contributed by atoms with E-state index in [-0.39, 0.29) is 11.7 Å². The molecule has 0 saturated carbocycles. The SMILES string of the molecule is [B]c1cc(/C(=C/C=C)n2nc(C(=O)N3CCc4ccc(C(C)=O)cc43)cc2CC)ccc1C. The maximum Gasteiger partial charge on any atom is 0.278 e. The van der Waals surface area contributed by atoms with Gasteiger partial charge in [0.15, 0.2) is 11.5 Å². The number of benzene rings is 2. The first-order chi connectivity index (χ1) is 15.8. The average Bonchev–Trinajstić information content (AvgIpc) is 3.42. The van der Waals surface area contributed by atoms with Crippen molar-refractivity contribution in [2.75, 3.05) is 11.4 Å². The number of fused-ring (bicyclic) bond motifs is 1. The van der Waals surface area contributed by atoms with Gasteiger partial charge in [0.05, 0.1) is 5.70 Å². The van der Waals surface area contributed by atoms with Crippen LogP contribution >= 0.6 is 0 Å². The number of amides is 1. The number of carbonyl (C=O) groups is 2. The Bertz CT molecular complexity index is 1300. The van der Waals surface area contributed by atoms with Crippen LogP contribution in [0.4, 0.5) is 5.69 Å². The number of aromatic nitrogens is 2. The topological polar surface area (TPSA) is 55.2 Å². The summed E-state index contributed by atoms with van der Waals surface area (Å²) in [5.41, 5.74) is 7.10. The Kier molecular flexibility index (Phi) is 6.19. The smallest absolute Gasteiger partial charge is 0.278 e. The van der Waals surface area contributed by atoms with Gasteiger partial charge in [0.25, 0.3) is 5.91 Å². The molecule has 0 bridgehead atoms. The van der Waals surface area contributed by atoms with Gasteiger partial charge in [-0.2, -0.15) is 5.10 Å². The van der Waals surface area contributed by atoms with Crippen molar-refractivity contribution in [1.29, 1.82) is 0 Å². The fourth-order valence-electron chi connectivity index (χ4n) is 4.13. The predicted molar refractivity (Wildman–Crippen MR) is 134 cm³/mol. The third-order valence-electron chi connectivity index (χ3n) is 6.08. The van der Waals surface area contributed by atoms with Crippen molar-refractivity contribution in [3.8, 4) is 0 Å². The summed E-state index contributed by atoms with van der Waals surface area (Å²) in [6.07, 6.45) is 5.02. The minimum absolute atomic E-state index is 0.0220. The molecule has 2 radical (unpaired) electrons. The molecule has 2 aromatic carbocycles. The lowest BCUT2D eigenvalue weighted by Crippen LogP contribution is -2.29. The molecule has 0 atom stereocenters. The van der Waals surface area contributed by atoms with Gasteiger partial charge in [0.2, 0.25) is 0 Å². The Balaban J connectivity index is 1.74. The monoisotopic (exact) mass is 435 g/mol. The highest BCUT2D eigenvalue weighted by atomic mass is 16.2. The van der Waals surface area contributed by atoms with Gasteiger partial charge >= 0.3 is 0 Å². The molecule has 4 rings (SSSR count). The molecule has 3 aromatic rings. The summed E-state index contributed by atoms with van der Waals surface area (Å²) >= 11 is 0. The van der Waals surface area contributed by atoms with Crippen LogP contribution in [0.1, 0.15) is 57.1 Å². The summed E-state index contributed by atoms with van der Waals surface area (Å²) in [4.78, 5) is 27.1. The molecule has 0 saturated heterocycles. The second-order valence-electron chi connectivity index (χ2n) is 8.25. The Morgan fingerprint density at radius 1 is 1.15 bits per heavy atom. The van der Waals surface area contributed by atoms with E-state index < -0.39 is 0 Å². The molecule has 1 aromatic heterocycles. The third kappa shape index (κ3) is 4.21. The summed E-state index contributed by atoms with van der Waals surface area (Å²) in [7, 11) is 6.15. The number of allylic oxidation sites excluding steroid dienone is 2. The van der Waals surface area contributed by atoms with Gasteiger partial charge in [-0.1, -0.05) is 60.9 Å². The van der Waals surface area contributed by atoms with E-state index in [4.69, 9.17) is 12.9 Å². The van der Waals surface area contributed by atoms with Crippen LogP contribution in [0.25, 0.3) is 5.70 Å². The molecule has 5 nitrogen and oxygen atoms in total. The van der Waals surface area contributed by atoms with Gasteiger partial charge in [0.1, 0.15) is 7.85 Å². The highest BCUT2D eigenvalue weighted by Gasteiger charge is 2.28. The van der Waals surface area contributed by atoms with Crippen LogP contribution in [-0.4, -0.2) is 35.9 Å². The van der Waals surface area contributed by atoms with Gasteiger partial charge in [-0.3, -0.25) is 9.59 Å². The van der Waals surface area contributed by atoms with E-state index in [0.717, 1.165) is 40.2 Å². The second kappa shape index (κ2) is 9.06. The predicted octanol–water partition coefficient (Wildman–Crippen LogP) is 4.03. The van der Waals surface area contributed by atoms with E-state index in [1.807, 2.05) is 56.3 Å². The summed E-state index contributed by atoms with van der Waals surface area (Å²) in [6, 6.07) is 13.3. The van der Waals surface area contributed by atoms with Crippen LogP contribution in [0, 0.1) is 6.92 Å². The van der Waals surface area contributed by atoms with Crippen molar-refractivity contribution in [2.45, 2.75) is 33.6 Å². The van der Waals surface area contributed by atoms with Gasteiger partial charge < -0.3 is 4.90 Å². The molecular formula is C27H26BN3O2. The molecule has 0 fully saturated rings. The largest absolute Gasteiger partial charge is 0.306 e. The summed E-state index contributed by atoms with van der Waals surface area (Å²) in [6.45, 7) is 9.93. The van der Waals surface area contributed by atoms with Crippen LogP contribution in [0.3, 0.4) is 0 Å². The number of hydrogen-bond acceptors (Lipinski definition) is 3. The Labute approximate surface area is 195 Å². The first kappa shape index (κ1) is 22.5. The van der Waals surface area contributed by atoms with Crippen molar-refractivity contribution < 1.29 is 9.59 Å². The molecule has 0 N–H and O–H groups in total. The molecule has 164 valence electrons. The highest BCUT2D eigenvalue weighted by Crippen LogP contribution is 2.31. The molecule has 2 heterocycles. The number of anilines is 1. The number of rotatable bonds is 6. The lowest BCUT2D eigenvalue weighted by atomic mass is 9.89. The lowest BCUT2D eigenvalue weighted by Gasteiger charge is -2.16.